The Balaban J connectivity index is 2.49. The number of carbonyl (C=O) groups excluding carboxylic acids is 1. The monoisotopic (exact) mass is 323 g/mol. The van der Waals surface area contributed by atoms with E-state index in [-0.39, 0.29) is 16.0 Å². The van der Waals surface area contributed by atoms with E-state index in [0.29, 0.717) is 6.54 Å². The van der Waals surface area contributed by atoms with Gasteiger partial charge in [0.1, 0.15) is 4.21 Å². The Bertz CT molecular complexity index is 525. The summed E-state index contributed by atoms with van der Waals surface area (Å²) in [6.45, 7) is 4.32. The van der Waals surface area contributed by atoms with Gasteiger partial charge in [-0.15, -0.1) is 11.3 Å². The largest absolute Gasteiger partial charge is 0.351 e. The minimum absolute atomic E-state index is 0.00266. The molecule has 0 fully saturated rings. The Hall–Kier alpha value is -0.590. The van der Waals surface area contributed by atoms with Gasteiger partial charge in [-0.2, -0.15) is 0 Å². The van der Waals surface area contributed by atoms with Crippen LogP contribution < -0.4 is 5.32 Å². The Morgan fingerprint density at radius 2 is 2.16 bits per heavy atom. The topological polar surface area (TPSA) is 63.2 Å². The normalized spacial score (nSPS) is 13.2. The number of unbranched alkanes of at least 4 members (excludes halogenated alkanes) is 1. The Morgan fingerprint density at radius 1 is 1.47 bits per heavy atom. The van der Waals surface area contributed by atoms with Crippen molar-refractivity contribution in [3.8, 4) is 0 Å². The van der Waals surface area contributed by atoms with E-state index < -0.39 is 9.05 Å². The molecule has 1 atom stereocenters. The van der Waals surface area contributed by atoms with E-state index in [0.717, 1.165) is 35.5 Å². The van der Waals surface area contributed by atoms with E-state index in [1.807, 2.05) is 6.92 Å². The highest BCUT2D eigenvalue weighted by Gasteiger charge is 2.15. The smallest absolute Gasteiger partial charge is 0.270 e. The molecule has 108 valence electrons. The van der Waals surface area contributed by atoms with Crippen molar-refractivity contribution in [2.75, 3.05) is 0 Å². The Kier molecular flexibility index (Phi) is 6.29. The Labute approximate surface area is 122 Å². The number of carbonyl (C=O) groups is 1. The number of nitrogens with one attached hydrogen (secondary N) is 1. The minimum Gasteiger partial charge on any atom is -0.351 e. The van der Waals surface area contributed by atoms with Crippen molar-refractivity contribution >= 4 is 37.0 Å². The zero-order valence-electron chi connectivity index (χ0n) is 11.0. The van der Waals surface area contributed by atoms with Gasteiger partial charge in [0.2, 0.25) is 5.91 Å². The molecule has 0 saturated heterocycles. The molecule has 19 heavy (non-hydrogen) atoms. The van der Waals surface area contributed by atoms with Gasteiger partial charge < -0.3 is 5.32 Å². The van der Waals surface area contributed by atoms with Gasteiger partial charge in [0.15, 0.2) is 0 Å². The van der Waals surface area contributed by atoms with Crippen LogP contribution in [-0.4, -0.2) is 14.3 Å². The SMILES string of the molecule is CCCCC(C)C(=O)NCc1ccc(S(=O)(=O)Cl)s1. The molecule has 0 aliphatic rings. The molecule has 0 saturated carbocycles. The molecule has 0 aromatic carbocycles. The van der Waals surface area contributed by atoms with Crippen molar-refractivity contribution in [2.45, 2.75) is 43.9 Å². The third kappa shape index (κ3) is 5.50. The fourth-order valence-electron chi connectivity index (χ4n) is 1.57. The van der Waals surface area contributed by atoms with E-state index in [4.69, 9.17) is 10.7 Å². The molecule has 0 spiro atoms. The Morgan fingerprint density at radius 3 is 2.68 bits per heavy atom. The second-order valence-electron chi connectivity index (χ2n) is 4.42. The fraction of sp³-hybridized carbons (Fsp3) is 0.583. The highest BCUT2D eigenvalue weighted by atomic mass is 35.7. The summed E-state index contributed by atoms with van der Waals surface area (Å²) in [5.74, 6) is -0.0201. The first kappa shape index (κ1) is 16.5. The van der Waals surface area contributed by atoms with Gasteiger partial charge in [0, 0.05) is 21.5 Å². The molecule has 1 unspecified atom stereocenters. The van der Waals surface area contributed by atoms with E-state index in [1.54, 1.807) is 6.07 Å². The van der Waals surface area contributed by atoms with Crippen LogP contribution in [0.5, 0.6) is 0 Å². The molecule has 1 N–H and O–H groups in total. The second-order valence-corrected chi connectivity index (χ2v) is 8.38. The van der Waals surface area contributed by atoms with Crippen LogP contribution in [0.4, 0.5) is 0 Å². The van der Waals surface area contributed by atoms with E-state index in [9.17, 15) is 13.2 Å². The van der Waals surface area contributed by atoms with Crippen LogP contribution in [-0.2, 0) is 20.4 Å². The number of hydrogen-bond donors (Lipinski definition) is 1. The van der Waals surface area contributed by atoms with E-state index in [1.165, 1.54) is 6.07 Å². The first-order chi connectivity index (χ1) is 8.84. The maximum atomic E-state index is 11.8. The lowest BCUT2D eigenvalue weighted by Crippen LogP contribution is -2.28. The summed E-state index contributed by atoms with van der Waals surface area (Å²) in [7, 11) is 1.57. The molecule has 4 nitrogen and oxygen atoms in total. The van der Waals surface area contributed by atoms with Crippen LogP contribution in [0.15, 0.2) is 16.3 Å². The molecule has 1 amide bonds. The van der Waals surface area contributed by atoms with Crippen molar-refractivity contribution in [1.29, 1.82) is 0 Å². The van der Waals surface area contributed by atoms with Crippen LogP contribution >= 0.6 is 22.0 Å². The molecule has 1 aromatic heterocycles. The fourth-order valence-corrected chi connectivity index (χ4v) is 3.64. The first-order valence-electron chi connectivity index (χ1n) is 6.15. The molecule has 1 aromatic rings. The summed E-state index contributed by atoms with van der Waals surface area (Å²) in [6, 6.07) is 3.12. The summed E-state index contributed by atoms with van der Waals surface area (Å²) in [5.41, 5.74) is 0. The van der Waals surface area contributed by atoms with Gasteiger partial charge in [-0.05, 0) is 18.6 Å². The maximum absolute atomic E-state index is 11.8. The van der Waals surface area contributed by atoms with Crippen LogP contribution in [0.2, 0.25) is 0 Å². The lowest BCUT2D eigenvalue weighted by Gasteiger charge is -2.10. The summed E-state index contributed by atoms with van der Waals surface area (Å²) in [5, 5.41) is 2.81. The predicted octanol–water partition coefficient (Wildman–Crippen LogP) is 3.12. The minimum atomic E-state index is -3.67. The zero-order valence-corrected chi connectivity index (χ0v) is 13.4. The van der Waals surface area contributed by atoms with Gasteiger partial charge in [-0.3, -0.25) is 4.79 Å². The molecule has 0 aliphatic carbocycles. The zero-order chi connectivity index (χ0) is 14.5. The second kappa shape index (κ2) is 7.26. The number of hydrogen-bond acceptors (Lipinski definition) is 4. The summed E-state index contributed by atoms with van der Waals surface area (Å²) in [4.78, 5) is 12.5. The van der Waals surface area contributed by atoms with E-state index in [2.05, 4.69) is 12.2 Å². The average Bonchev–Trinajstić information content (AvgIpc) is 2.81. The number of thiophene rings is 1. The van der Waals surface area contributed by atoms with Crippen molar-refractivity contribution in [3.63, 3.8) is 0 Å². The number of amides is 1. The molecule has 0 aliphatic heterocycles. The van der Waals surface area contributed by atoms with Crippen molar-refractivity contribution in [3.05, 3.63) is 17.0 Å². The summed E-state index contributed by atoms with van der Waals surface area (Å²) >= 11 is 1.08. The number of halogens is 1. The third-order valence-electron chi connectivity index (χ3n) is 2.75. The van der Waals surface area contributed by atoms with Gasteiger partial charge in [-0.25, -0.2) is 8.42 Å². The van der Waals surface area contributed by atoms with Gasteiger partial charge in [-0.1, -0.05) is 26.7 Å². The molecular weight excluding hydrogens is 306 g/mol. The average molecular weight is 324 g/mol. The van der Waals surface area contributed by atoms with Gasteiger partial charge in [0.25, 0.3) is 9.05 Å². The maximum Gasteiger partial charge on any atom is 0.270 e. The first-order valence-corrected chi connectivity index (χ1v) is 9.28. The summed E-state index contributed by atoms with van der Waals surface area (Å²) in [6.07, 6.45) is 2.97. The highest BCUT2D eigenvalue weighted by Crippen LogP contribution is 2.24. The quantitative estimate of drug-likeness (QED) is 0.784. The molecule has 7 heteroatoms. The summed E-state index contributed by atoms with van der Waals surface area (Å²) < 4.78 is 22.3. The lowest BCUT2D eigenvalue weighted by atomic mass is 10.0. The van der Waals surface area contributed by atoms with Crippen molar-refractivity contribution < 1.29 is 13.2 Å². The lowest BCUT2D eigenvalue weighted by molar-refractivity contribution is -0.124. The third-order valence-corrected chi connectivity index (χ3v) is 5.93. The standard InChI is InChI=1S/C12H18ClNO3S2/c1-3-4-5-9(2)12(15)14-8-10-6-7-11(18-10)19(13,16)17/h6-7,9H,3-5,8H2,1-2H3,(H,14,15). The van der Waals surface area contributed by atoms with Crippen LogP contribution in [0.25, 0.3) is 0 Å². The van der Waals surface area contributed by atoms with E-state index >= 15 is 0 Å². The van der Waals surface area contributed by atoms with Crippen molar-refractivity contribution in [1.82, 2.24) is 5.32 Å². The van der Waals surface area contributed by atoms with Crippen molar-refractivity contribution in [2.24, 2.45) is 5.92 Å². The van der Waals surface area contributed by atoms with Gasteiger partial charge in [0.05, 0.1) is 6.54 Å². The molecular formula is C12H18ClNO3S2. The van der Waals surface area contributed by atoms with Gasteiger partial charge >= 0.3 is 0 Å². The number of rotatable bonds is 7. The molecule has 1 rings (SSSR count). The molecule has 0 radical (unpaired) electrons. The van der Waals surface area contributed by atoms with Crippen LogP contribution in [0.1, 0.15) is 38.0 Å². The molecule has 0 bridgehead atoms. The van der Waals surface area contributed by atoms with Crippen LogP contribution in [0.3, 0.4) is 0 Å². The highest BCUT2D eigenvalue weighted by molar-refractivity contribution is 8.15. The van der Waals surface area contributed by atoms with Crippen LogP contribution in [0, 0.1) is 5.92 Å². The molecule has 1 heterocycles. The predicted molar refractivity (Wildman–Crippen MR) is 77.9 cm³/mol.